The maximum Gasteiger partial charge on any atom is 0.311 e. The Morgan fingerprint density at radius 2 is 1.16 bits per heavy atom. The monoisotopic (exact) mass is 368 g/mol. The topological polar surface area (TPSA) is 104 Å². The Morgan fingerprint density at radius 3 is 1.48 bits per heavy atom. The summed E-state index contributed by atoms with van der Waals surface area (Å²) in [7, 11) is 0. The molecule has 0 bridgehead atoms. The molecule has 0 unspecified atom stereocenters. The van der Waals surface area contributed by atoms with Crippen LogP contribution >= 0.6 is 11.6 Å². The molecule has 1 rings (SSSR count). The summed E-state index contributed by atoms with van der Waals surface area (Å²) in [4.78, 5) is 56.4. The first kappa shape index (κ1) is 20.5. The first-order valence-corrected chi connectivity index (χ1v) is 7.80. The first-order chi connectivity index (χ1) is 11.7. The molecule has 0 aromatic heterocycles. The van der Waals surface area contributed by atoms with Gasteiger partial charge in [-0.1, -0.05) is 0 Å². The van der Waals surface area contributed by atoms with Crippen molar-refractivity contribution >= 4 is 40.3 Å². The summed E-state index contributed by atoms with van der Waals surface area (Å²) in [6, 6.07) is 3.67. The smallest absolute Gasteiger partial charge is 0.311 e. The third kappa shape index (κ3) is 8.21. The largest absolute Gasteiger partial charge is 0.426 e. The number of carbonyl (C=O) groups excluding carboxylic acids is 5. The van der Waals surface area contributed by atoms with Crippen LogP contribution in [0.15, 0.2) is 18.2 Å². The Labute approximate surface area is 149 Å². The minimum absolute atomic E-state index is 0.0276. The second-order valence-corrected chi connectivity index (χ2v) is 5.66. The van der Waals surface area contributed by atoms with Crippen molar-refractivity contribution in [2.45, 2.75) is 39.5 Å². The van der Waals surface area contributed by atoms with E-state index in [1.54, 1.807) is 0 Å². The molecule has 0 atom stereocenters. The zero-order valence-electron chi connectivity index (χ0n) is 13.8. The maximum absolute atomic E-state index is 11.7. The van der Waals surface area contributed by atoms with Crippen LogP contribution in [0.3, 0.4) is 0 Å². The normalized spacial score (nSPS) is 10.0. The predicted molar refractivity (Wildman–Crippen MR) is 87.7 cm³/mol. The van der Waals surface area contributed by atoms with Crippen molar-refractivity contribution in [1.82, 2.24) is 0 Å². The molecule has 0 saturated heterocycles. The molecule has 0 aliphatic rings. The number of hydrogen-bond acceptors (Lipinski definition) is 7. The average Bonchev–Trinajstić information content (AvgIpc) is 2.50. The molecule has 0 spiro atoms. The summed E-state index contributed by atoms with van der Waals surface area (Å²) in [5.41, 5.74) is -0.0343. The van der Waals surface area contributed by atoms with E-state index in [1.807, 2.05) is 0 Å². The second kappa shape index (κ2) is 9.68. The van der Waals surface area contributed by atoms with E-state index in [9.17, 15) is 24.0 Å². The van der Waals surface area contributed by atoms with Gasteiger partial charge in [-0.2, -0.15) is 0 Å². The third-order valence-electron chi connectivity index (χ3n) is 2.93. The number of benzene rings is 1. The van der Waals surface area contributed by atoms with Gasteiger partial charge in [-0.25, -0.2) is 0 Å². The van der Waals surface area contributed by atoms with Crippen LogP contribution in [-0.2, 0) is 19.2 Å². The Bertz CT molecular complexity index is 659. The van der Waals surface area contributed by atoms with E-state index < -0.39 is 17.2 Å². The fourth-order valence-corrected chi connectivity index (χ4v) is 1.83. The summed E-state index contributed by atoms with van der Waals surface area (Å²) >= 11 is 5.42. The fraction of sp³-hybridized carbons (Fsp3) is 0.353. The molecule has 0 aliphatic carbocycles. The Hall–Kier alpha value is -2.54. The van der Waals surface area contributed by atoms with Gasteiger partial charge in [-0.3, -0.25) is 14.4 Å². The van der Waals surface area contributed by atoms with Gasteiger partial charge in [-0.15, -0.1) is 0 Å². The van der Waals surface area contributed by atoms with Crippen LogP contribution in [0.5, 0.6) is 11.5 Å². The molecular formula is C17H17ClO7. The number of Topliss-reactive ketones (excluding diaryl/α,β-unsaturated/α-hetero) is 2. The predicted octanol–water partition coefficient (Wildman–Crippen LogP) is 2.61. The molecule has 25 heavy (non-hydrogen) atoms. The zero-order valence-corrected chi connectivity index (χ0v) is 14.6. The molecule has 1 aromatic rings. The summed E-state index contributed by atoms with van der Waals surface area (Å²) in [6.07, 6.45) is -0.191. The van der Waals surface area contributed by atoms with Crippen molar-refractivity contribution < 1.29 is 33.4 Å². The molecule has 7 nitrogen and oxygen atoms in total. The molecule has 0 heterocycles. The van der Waals surface area contributed by atoms with Crippen molar-refractivity contribution in [3.8, 4) is 11.5 Å². The van der Waals surface area contributed by atoms with Crippen molar-refractivity contribution in [2.24, 2.45) is 0 Å². The molecular weight excluding hydrogens is 352 g/mol. The minimum Gasteiger partial charge on any atom is -0.426 e. The third-order valence-corrected chi connectivity index (χ3v) is 3.15. The Morgan fingerprint density at radius 1 is 0.760 bits per heavy atom. The molecule has 0 N–H and O–H groups in total. The van der Waals surface area contributed by atoms with E-state index in [1.165, 1.54) is 32.0 Å². The van der Waals surface area contributed by atoms with Crippen LogP contribution in [0.2, 0.25) is 0 Å². The van der Waals surface area contributed by atoms with E-state index in [0.717, 1.165) is 0 Å². The van der Waals surface area contributed by atoms with Crippen molar-refractivity contribution in [3.05, 3.63) is 23.8 Å². The molecule has 0 amide bonds. The Kier molecular flexibility index (Phi) is 7.94. The highest BCUT2D eigenvalue weighted by atomic mass is 35.5. The average molecular weight is 369 g/mol. The molecule has 0 fully saturated rings. The molecule has 1 aromatic carbocycles. The van der Waals surface area contributed by atoms with E-state index in [4.69, 9.17) is 21.1 Å². The number of hydrogen-bond donors (Lipinski definition) is 0. The van der Waals surface area contributed by atoms with Gasteiger partial charge >= 0.3 is 11.9 Å². The van der Waals surface area contributed by atoms with Gasteiger partial charge in [-0.05, 0) is 37.6 Å². The van der Waals surface area contributed by atoms with E-state index in [0.29, 0.717) is 0 Å². The second-order valence-electron chi connectivity index (χ2n) is 5.32. The van der Waals surface area contributed by atoms with Crippen LogP contribution in [0.1, 0.15) is 49.9 Å². The SMILES string of the molecule is CC(=O)CCC(=O)Oc1cc(OC(=O)CCC(C)=O)cc(C(=O)Cl)c1. The van der Waals surface area contributed by atoms with Gasteiger partial charge in [0, 0.05) is 24.5 Å². The molecule has 134 valence electrons. The van der Waals surface area contributed by atoms with Gasteiger partial charge in [0.1, 0.15) is 23.1 Å². The van der Waals surface area contributed by atoms with Crippen molar-refractivity contribution in [2.75, 3.05) is 0 Å². The lowest BCUT2D eigenvalue weighted by molar-refractivity contribution is -0.136. The van der Waals surface area contributed by atoms with E-state index >= 15 is 0 Å². The van der Waals surface area contributed by atoms with E-state index in [-0.39, 0.29) is 54.3 Å². The molecule has 0 radical (unpaired) electrons. The first-order valence-electron chi connectivity index (χ1n) is 7.42. The number of ketones is 2. The lowest BCUT2D eigenvalue weighted by atomic mass is 10.2. The Balaban J connectivity index is 2.88. The summed E-state index contributed by atoms with van der Waals surface area (Å²) in [5, 5.41) is -0.831. The highest BCUT2D eigenvalue weighted by molar-refractivity contribution is 6.67. The highest BCUT2D eigenvalue weighted by Crippen LogP contribution is 2.25. The number of esters is 2. The summed E-state index contributed by atoms with van der Waals surface area (Å²) in [6.45, 7) is 2.69. The molecule has 8 heteroatoms. The van der Waals surface area contributed by atoms with E-state index in [2.05, 4.69) is 0 Å². The van der Waals surface area contributed by atoms with Crippen LogP contribution in [-0.4, -0.2) is 28.7 Å². The summed E-state index contributed by atoms with van der Waals surface area (Å²) < 4.78 is 10.1. The number of carbonyl (C=O) groups is 5. The minimum atomic E-state index is -0.831. The molecule has 0 aliphatic heterocycles. The van der Waals surface area contributed by atoms with Gasteiger partial charge in [0.05, 0.1) is 12.8 Å². The van der Waals surface area contributed by atoms with Crippen LogP contribution in [0.25, 0.3) is 0 Å². The van der Waals surface area contributed by atoms with Gasteiger partial charge < -0.3 is 19.1 Å². The van der Waals surface area contributed by atoms with Gasteiger partial charge in [0.25, 0.3) is 5.24 Å². The number of ether oxygens (including phenoxy) is 2. The van der Waals surface area contributed by atoms with Crippen LogP contribution in [0.4, 0.5) is 0 Å². The fourth-order valence-electron chi connectivity index (χ4n) is 1.72. The number of halogens is 1. The van der Waals surface area contributed by atoms with Crippen LogP contribution < -0.4 is 9.47 Å². The zero-order chi connectivity index (χ0) is 19.0. The standard InChI is InChI=1S/C17H17ClO7/c1-10(19)3-5-15(21)24-13-7-12(17(18)23)8-14(9-13)25-16(22)6-4-11(2)20/h7-9H,3-6H2,1-2H3. The van der Waals surface area contributed by atoms with Crippen molar-refractivity contribution in [1.29, 1.82) is 0 Å². The van der Waals surface area contributed by atoms with Crippen LogP contribution in [0, 0.1) is 0 Å². The number of rotatable bonds is 9. The molecule has 0 saturated carbocycles. The lowest BCUT2D eigenvalue weighted by Gasteiger charge is -2.09. The summed E-state index contributed by atoms with van der Waals surface area (Å²) in [5.74, 6) is -1.78. The van der Waals surface area contributed by atoms with Crippen molar-refractivity contribution in [3.63, 3.8) is 0 Å². The maximum atomic E-state index is 11.7. The lowest BCUT2D eigenvalue weighted by Crippen LogP contribution is -2.12. The van der Waals surface area contributed by atoms with Gasteiger partial charge in [0.15, 0.2) is 0 Å². The quantitative estimate of drug-likeness (QED) is 0.375. The van der Waals surface area contributed by atoms with Gasteiger partial charge in [0.2, 0.25) is 0 Å². The highest BCUT2D eigenvalue weighted by Gasteiger charge is 2.14.